The number of halogens is 3. The Morgan fingerprint density at radius 3 is 2.31 bits per heavy atom. The molecule has 4 heterocycles. The monoisotopic (exact) mass is 965 g/mol. The van der Waals surface area contributed by atoms with E-state index in [0.29, 0.717) is 36.6 Å². The van der Waals surface area contributed by atoms with E-state index in [1.54, 1.807) is 35.5 Å². The van der Waals surface area contributed by atoms with Crippen LogP contribution in [-0.4, -0.2) is 105 Å². The van der Waals surface area contributed by atoms with Gasteiger partial charge in [-0.15, -0.1) is 0 Å². The first-order chi connectivity index (χ1) is 32.8. The predicted molar refractivity (Wildman–Crippen MR) is 258 cm³/mol. The summed E-state index contributed by atoms with van der Waals surface area (Å²) in [5.41, 5.74) is 3.70. The number of piperidine rings is 1. The van der Waals surface area contributed by atoms with Gasteiger partial charge in [0.2, 0.25) is 23.6 Å². The van der Waals surface area contributed by atoms with Crippen LogP contribution < -0.4 is 15.4 Å². The van der Waals surface area contributed by atoms with Crippen molar-refractivity contribution in [3.8, 4) is 17.2 Å². The summed E-state index contributed by atoms with van der Waals surface area (Å²) in [5.74, 6) is -3.24. The zero-order valence-corrected chi connectivity index (χ0v) is 40.2. The number of amides is 4. The Morgan fingerprint density at radius 1 is 0.853 bits per heavy atom. The number of benzene rings is 4. The van der Waals surface area contributed by atoms with Crippen molar-refractivity contribution in [1.29, 1.82) is 0 Å². The van der Waals surface area contributed by atoms with Gasteiger partial charge in [-0.1, -0.05) is 65.7 Å². The number of carbonyl (C=O) groups is 4. The molecule has 2 bridgehead atoms. The van der Waals surface area contributed by atoms with Gasteiger partial charge in [0.05, 0.1) is 36.6 Å². The van der Waals surface area contributed by atoms with E-state index in [1.165, 1.54) is 37.8 Å². The fourth-order valence-electron chi connectivity index (χ4n) is 9.72. The number of nitrogens with zero attached hydrogens (tertiary/aromatic N) is 5. The van der Waals surface area contributed by atoms with Gasteiger partial charge in [-0.25, -0.2) is 9.37 Å². The third-order valence-corrected chi connectivity index (χ3v) is 13.9. The third-order valence-electron chi connectivity index (χ3n) is 13.4. The highest BCUT2D eigenvalue weighted by Crippen LogP contribution is 2.35. The van der Waals surface area contributed by atoms with Crippen LogP contribution >= 0.6 is 23.2 Å². The van der Waals surface area contributed by atoms with Crippen molar-refractivity contribution in [2.75, 3.05) is 39.9 Å². The van der Waals surface area contributed by atoms with Crippen molar-refractivity contribution in [3.05, 3.63) is 141 Å². The van der Waals surface area contributed by atoms with Crippen LogP contribution in [0.4, 0.5) is 4.39 Å². The van der Waals surface area contributed by atoms with E-state index in [4.69, 9.17) is 37.7 Å². The number of nitrogens with one attached hydrogen (secondary N) is 2. The van der Waals surface area contributed by atoms with Crippen LogP contribution in [0.2, 0.25) is 10.0 Å². The largest absolute Gasteiger partial charge is 0.457 e. The zero-order valence-electron chi connectivity index (χ0n) is 38.7. The predicted octanol–water partition coefficient (Wildman–Crippen LogP) is 7.85. The quantitative estimate of drug-likeness (QED) is 0.122. The van der Waals surface area contributed by atoms with E-state index >= 15 is 4.39 Å². The van der Waals surface area contributed by atoms with Gasteiger partial charge in [-0.05, 0) is 125 Å². The number of carbonyl (C=O) groups excluding carboxylic acids is 4. The summed E-state index contributed by atoms with van der Waals surface area (Å²) in [7, 11) is 1.42. The maximum atomic E-state index is 16.4. The Morgan fingerprint density at radius 2 is 1.59 bits per heavy atom. The molecule has 0 radical (unpaired) electrons. The minimum absolute atomic E-state index is 0.0353. The molecule has 358 valence electrons. The van der Waals surface area contributed by atoms with Gasteiger partial charge in [0.15, 0.2) is 0 Å². The van der Waals surface area contributed by atoms with Crippen LogP contribution in [0.15, 0.2) is 97.3 Å². The smallest absolute Gasteiger partial charge is 0.245 e. The van der Waals surface area contributed by atoms with Crippen LogP contribution in [0, 0.1) is 18.7 Å². The summed E-state index contributed by atoms with van der Waals surface area (Å²) in [6.45, 7) is 6.44. The van der Waals surface area contributed by atoms with Crippen LogP contribution in [0.3, 0.4) is 0 Å². The highest BCUT2D eigenvalue weighted by atomic mass is 35.5. The zero-order chi connectivity index (χ0) is 48.0. The Balaban J connectivity index is 1.11. The molecule has 5 aromatic rings. The maximum absolute atomic E-state index is 16.4. The molecular weight excluding hydrogens is 909 g/mol. The van der Waals surface area contributed by atoms with Crippen molar-refractivity contribution in [2.45, 2.75) is 89.5 Å². The van der Waals surface area contributed by atoms with Gasteiger partial charge in [0.1, 0.15) is 29.4 Å². The second kappa shape index (κ2) is 21.7. The van der Waals surface area contributed by atoms with Gasteiger partial charge in [-0.3, -0.25) is 24.1 Å². The summed E-state index contributed by atoms with van der Waals surface area (Å²) in [6.07, 6.45) is 5.63. The van der Waals surface area contributed by atoms with Crippen LogP contribution in [0.1, 0.15) is 67.1 Å². The molecule has 3 aliphatic heterocycles. The number of hydrogen-bond donors (Lipinski definition) is 2. The van der Waals surface area contributed by atoms with Crippen molar-refractivity contribution in [1.82, 2.24) is 34.9 Å². The Kier molecular flexibility index (Phi) is 15.5. The van der Waals surface area contributed by atoms with Crippen molar-refractivity contribution in [2.24, 2.45) is 5.92 Å². The lowest BCUT2D eigenvalue weighted by molar-refractivity contribution is -0.148. The molecule has 2 N–H and O–H groups in total. The number of aromatic nitrogens is 2. The second-order valence-corrected chi connectivity index (χ2v) is 19.2. The minimum Gasteiger partial charge on any atom is -0.457 e. The number of methoxy groups -OCH3 is 1. The third kappa shape index (κ3) is 11.5. The van der Waals surface area contributed by atoms with Crippen LogP contribution in [0.5, 0.6) is 11.5 Å². The number of fused-ring (bicyclic) bond motifs is 2. The van der Waals surface area contributed by atoms with E-state index in [2.05, 4.69) is 15.5 Å². The molecule has 3 saturated heterocycles. The molecule has 4 aromatic carbocycles. The topological polar surface area (TPSA) is 138 Å². The molecule has 1 aromatic heterocycles. The second-order valence-electron chi connectivity index (χ2n) is 18.3. The first-order valence-corrected chi connectivity index (χ1v) is 24.0. The SMILES string of the molecule is COC[C@@H]1NC(=O)[C@H](C)N(Cc2c(F)cc(Cl)cc2Oc2ccc(-n3cnc(CN4CCCC4)c3C)cc2)C(=O)C[C@@H](Cc2ccccc2)C(=O)N2CCC[C@@](Cc3ccc(Cl)cc3)(C2)NC1=O. The molecule has 4 amide bonds. The number of hydrogen-bond acceptors (Lipinski definition) is 8. The van der Waals surface area contributed by atoms with E-state index in [1.807, 2.05) is 66.1 Å². The summed E-state index contributed by atoms with van der Waals surface area (Å²) in [4.78, 5) is 68.8. The Hall–Kier alpha value is -5.80. The average molecular weight is 967 g/mol. The molecule has 0 aliphatic carbocycles. The molecule has 0 spiro atoms. The lowest BCUT2D eigenvalue weighted by atomic mass is 9.81. The summed E-state index contributed by atoms with van der Waals surface area (Å²) >= 11 is 12.7. The first kappa shape index (κ1) is 48.6. The van der Waals surface area contributed by atoms with E-state index in [9.17, 15) is 19.2 Å². The molecule has 3 aliphatic rings. The van der Waals surface area contributed by atoms with Gasteiger partial charge in [-0.2, -0.15) is 0 Å². The highest BCUT2D eigenvalue weighted by Gasteiger charge is 2.43. The Labute approximate surface area is 406 Å². The van der Waals surface area contributed by atoms with E-state index in [-0.39, 0.29) is 48.2 Å². The number of imidazole rings is 1. The molecular formula is C52H58Cl2FN7O6. The van der Waals surface area contributed by atoms with Crippen molar-refractivity contribution < 1.29 is 33.0 Å². The molecule has 0 unspecified atom stereocenters. The fourth-order valence-corrected chi connectivity index (χ4v) is 10.0. The molecule has 13 nitrogen and oxygen atoms in total. The standard InChI is InChI=1S/C52H58Cl2FN7O6/c1-34-45(30-59-21-7-8-22-59)56-33-62(34)41-16-18-42(19-17-41)68-47-27-40(54)26-44(55)43(47)29-61-35(2)49(64)57-46(31-67-3)50(65)58-52(28-37-12-14-39(53)15-13-37)20-9-23-60(32-52)51(66)38(25-48(61)63)24-36-10-5-4-6-11-36/h4-6,10-19,26-27,33,35,38,46H,7-9,20-25,28-32H2,1-3H3,(H,57,64)(H,58,65)/t35-,38+,46-,52+/m0/s1. The number of rotatable bonds is 13. The molecule has 8 rings (SSSR count). The van der Waals surface area contributed by atoms with Gasteiger partial charge in [0.25, 0.3) is 0 Å². The lowest BCUT2D eigenvalue weighted by Gasteiger charge is -2.45. The summed E-state index contributed by atoms with van der Waals surface area (Å²) in [6, 6.07) is 24.2. The Bertz CT molecular complexity index is 2590. The van der Waals surface area contributed by atoms with Crippen molar-refractivity contribution in [3.63, 3.8) is 0 Å². The van der Waals surface area contributed by atoms with Gasteiger partial charge in [0, 0.05) is 60.2 Å². The normalized spacial score (nSPS) is 21.9. The number of likely N-dealkylation sites (tertiary alicyclic amines) is 1. The molecule has 3 fully saturated rings. The molecule has 16 heteroatoms. The lowest BCUT2D eigenvalue weighted by Crippen LogP contribution is -2.65. The summed E-state index contributed by atoms with van der Waals surface area (Å²) < 4.78 is 30.2. The summed E-state index contributed by atoms with van der Waals surface area (Å²) in [5, 5.41) is 6.70. The van der Waals surface area contributed by atoms with E-state index < -0.39 is 53.6 Å². The molecule has 4 atom stereocenters. The average Bonchev–Trinajstić information content (AvgIpc) is 3.98. The first-order valence-electron chi connectivity index (χ1n) is 23.3. The van der Waals surface area contributed by atoms with Crippen LogP contribution in [-0.2, 0) is 49.8 Å². The van der Waals surface area contributed by atoms with E-state index in [0.717, 1.165) is 53.9 Å². The minimum atomic E-state index is -1.26. The fraction of sp³-hybridized carbons (Fsp3) is 0.404. The van der Waals surface area contributed by atoms with Crippen LogP contribution in [0.25, 0.3) is 5.69 Å². The van der Waals surface area contributed by atoms with Gasteiger partial charge < -0.3 is 34.5 Å². The highest BCUT2D eigenvalue weighted by molar-refractivity contribution is 6.31. The van der Waals surface area contributed by atoms with Gasteiger partial charge >= 0.3 is 0 Å². The maximum Gasteiger partial charge on any atom is 0.245 e. The number of ether oxygens (including phenoxy) is 2. The molecule has 0 saturated carbocycles. The van der Waals surface area contributed by atoms with Crippen molar-refractivity contribution >= 4 is 46.8 Å². The molecule has 68 heavy (non-hydrogen) atoms.